The Balaban J connectivity index is 2.76. The molecule has 0 radical (unpaired) electrons. The fraction of sp³-hybridized carbons (Fsp3) is 0.182. The largest absolute Gasteiger partial charge is 0.399 e. The van der Waals surface area contributed by atoms with E-state index in [-0.39, 0.29) is 12.3 Å². The molecule has 0 aliphatic rings. The minimum absolute atomic E-state index is 0.268. The monoisotopic (exact) mass is 190 g/mol. The van der Waals surface area contributed by atoms with Crippen LogP contribution in [0.15, 0.2) is 24.3 Å². The Labute approximate surface area is 83.4 Å². The van der Waals surface area contributed by atoms with Crippen LogP contribution in [-0.4, -0.2) is 5.91 Å². The summed E-state index contributed by atoms with van der Waals surface area (Å²) in [6.45, 7) is 1.97. The molecule has 1 aromatic rings. The molecule has 0 bridgehead atoms. The zero-order valence-corrected chi connectivity index (χ0v) is 8.16. The van der Waals surface area contributed by atoms with Gasteiger partial charge in [0.25, 0.3) is 0 Å². The van der Waals surface area contributed by atoms with Gasteiger partial charge in [0, 0.05) is 12.1 Å². The number of nitrogen functional groups attached to an aromatic ring is 1. The Morgan fingerprint density at radius 3 is 2.79 bits per heavy atom. The SMILES string of the molecule is Cc1cc(N)ccc1C=CCC(N)=O. The molecule has 3 heteroatoms. The Kier molecular flexibility index (Phi) is 3.29. The predicted molar refractivity (Wildman–Crippen MR) is 58.4 cm³/mol. The highest BCUT2D eigenvalue weighted by Gasteiger charge is 1.94. The lowest BCUT2D eigenvalue weighted by Gasteiger charge is -2.00. The van der Waals surface area contributed by atoms with Crippen molar-refractivity contribution in [2.24, 2.45) is 5.73 Å². The van der Waals surface area contributed by atoms with E-state index in [9.17, 15) is 4.79 Å². The van der Waals surface area contributed by atoms with Crippen molar-refractivity contribution in [3.63, 3.8) is 0 Å². The number of hydrogen-bond donors (Lipinski definition) is 2. The van der Waals surface area contributed by atoms with Gasteiger partial charge in [-0.15, -0.1) is 0 Å². The quantitative estimate of drug-likeness (QED) is 0.708. The molecule has 0 atom stereocenters. The number of rotatable bonds is 3. The van der Waals surface area contributed by atoms with Crippen LogP contribution < -0.4 is 11.5 Å². The van der Waals surface area contributed by atoms with Crippen molar-refractivity contribution in [1.82, 2.24) is 0 Å². The summed E-state index contributed by atoms with van der Waals surface area (Å²) in [5, 5.41) is 0. The van der Waals surface area contributed by atoms with Gasteiger partial charge in [-0.3, -0.25) is 4.79 Å². The molecule has 14 heavy (non-hydrogen) atoms. The third-order valence-electron chi connectivity index (χ3n) is 1.91. The van der Waals surface area contributed by atoms with Crippen LogP contribution in [0.3, 0.4) is 0 Å². The number of aryl methyl sites for hydroxylation is 1. The van der Waals surface area contributed by atoms with Crippen LogP contribution in [-0.2, 0) is 4.79 Å². The van der Waals surface area contributed by atoms with Crippen LogP contribution in [0.1, 0.15) is 17.5 Å². The van der Waals surface area contributed by atoms with E-state index in [1.807, 2.05) is 31.2 Å². The first-order valence-electron chi connectivity index (χ1n) is 4.40. The van der Waals surface area contributed by atoms with Crippen molar-refractivity contribution in [3.8, 4) is 0 Å². The zero-order chi connectivity index (χ0) is 10.6. The third-order valence-corrected chi connectivity index (χ3v) is 1.91. The topological polar surface area (TPSA) is 69.1 Å². The van der Waals surface area contributed by atoms with Gasteiger partial charge in [0.1, 0.15) is 0 Å². The molecule has 3 nitrogen and oxygen atoms in total. The molecular weight excluding hydrogens is 176 g/mol. The Bertz CT molecular complexity index is 370. The van der Waals surface area contributed by atoms with Crippen LogP contribution in [0.5, 0.6) is 0 Å². The second kappa shape index (κ2) is 4.46. The van der Waals surface area contributed by atoms with Gasteiger partial charge in [0.05, 0.1) is 0 Å². The summed E-state index contributed by atoms with van der Waals surface area (Å²) in [5.74, 6) is -0.325. The number of amides is 1. The fourth-order valence-corrected chi connectivity index (χ4v) is 1.19. The van der Waals surface area contributed by atoms with Gasteiger partial charge in [-0.2, -0.15) is 0 Å². The number of hydrogen-bond acceptors (Lipinski definition) is 2. The summed E-state index contributed by atoms with van der Waals surface area (Å²) in [4.78, 5) is 10.5. The predicted octanol–water partition coefficient (Wildman–Crippen LogP) is 1.47. The highest BCUT2D eigenvalue weighted by molar-refractivity contribution is 5.76. The number of carbonyl (C=O) groups excluding carboxylic acids is 1. The van der Waals surface area contributed by atoms with E-state index < -0.39 is 0 Å². The smallest absolute Gasteiger partial charge is 0.221 e. The molecule has 0 aromatic heterocycles. The minimum Gasteiger partial charge on any atom is -0.399 e. The van der Waals surface area contributed by atoms with Crippen molar-refractivity contribution >= 4 is 17.7 Å². The molecule has 0 aliphatic heterocycles. The molecule has 0 saturated heterocycles. The maximum Gasteiger partial charge on any atom is 0.221 e. The Morgan fingerprint density at radius 2 is 2.21 bits per heavy atom. The van der Waals surface area contributed by atoms with Gasteiger partial charge in [-0.1, -0.05) is 18.2 Å². The number of anilines is 1. The van der Waals surface area contributed by atoms with Crippen molar-refractivity contribution < 1.29 is 4.79 Å². The molecule has 0 unspecified atom stereocenters. The molecule has 1 aromatic carbocycles. The second-order valence-corrected chi connectivity index (χ2v) is 3.19. The lowest BCUT2D eigenvalue weighted by molar-refractivity contribution is -0.117. The van der Waals surface area contributed by atoms with Crippen LogP contribution in [0.4, 0.5) is 5.69 Å². The first-order chi connectivity index (χ1) is 6.59. The van der Waals surface area contributed by atoms with E-state index in [1.54, 1.807) is 6.08 Å². The highest BCUT2D eigenvalue weighted by atomic mass is 16.1. The van der Waals surface area contributed by atoms with E-state index >= 15 is 0 Å². The van der Waals surface area contributed by atoms with Crippen LogP contribution in [0.2, 0.25) is 0 Å². The molecule has 1 rings (SSSR count). The first kappa shape index (κ1) is 10.3. The number of carbonyl (C=O) groups is 1. The van der Waals surface area contributed by atoms with Crippen LogP contribution in [0, 0.1) is 6.92 Å². The van der Waals surface area contributed by atoms with Crippen molar-refractivity contribution in [2.75, 3.05) is 5.73 Å². The van der Waals surface area contributed by atoms with Gasteiger partial charge >= 0.3 is 0 Å². The lowest BCUT2D eigenvalue weighted by Crippen LogP contribution is -2.07. The molecule has 0 spiro atoms. The summed E-state index contributed by atoms with van der Waals surface area (Å²) >= 11 is 0. The molecule has 4 N–H and O–H groups in total. The normalized spacial score (nSPS) is 10.6. The summed E-state index contributed by atoms with van der Waals surface area (Å²) < 4.78 is 0. The minimum atomic E-state index is -0.325. The molecule has 74 valence electrons. The van der Waals surface area contributed by atoms with E-state index in [0.29, 0.717) is 0 Å². The summed E-state index contributed by atoms with van der Waals surface area (Å²) in [6.07, 6.45) is 3.89. The van der Waals surface area contributed by atoms with Gasteiger partial charge in [0.2, 0.25) is 5.91 Å². The Morgan fingerprint density at radius 1 is 1.50 bits per heavy atom. The maximum atomic E-state index is 10.5. The van der Waals surface area contributed by atoms with Crippen LogP contribution in [0.25, 0.3) is 6.08 Å². The molecule has 0 saturated carbocycles. The molecule has 1 amide bonds. The van der Waals surface area contributed by atoms with Gasteiger partial charge in [0.15, 0.2) is 0 Å². The molecular formula is C11H14N2O. The Hall–Kier alpha value is -1.77. The molecule has 0 heterocycles. The van der Waals surface area contributed by atoms with Gasteiger partial charge in [-0.05, 0) is 30.2 Å². The maximum absolute atomic E-state index is 10.5. The first-order valence-corrected chi connectivity index (χ1v) is 4.40. The van der Waals surface area contributed by atoms with Crippen LogP contribution >= 0.6 is 0 Å². The number of nitrogens with two attached hydrogens (primary N) is 2. The fourth-order valence-electron chi connectivity index (χ4n) is 1.19. The van der Waals surface area contributed by atoms with Gasteiger partial charge in [-0.25, -0.2) is 0 Å². The van der Waals surface area contributed by atoms with Gasteiger partial charge < -0.3 is 11.5 Å². The van der Waals surface area contributed by atoms with E-state index in [0.717, 1.165) is 16.8 Å². The summed E-state index contributed by atoms with van der Waals surface area (Å²) in [7, 11) is 0. The average molecular weight is 190 g/mol. The third kappa shape index (κ3) is 2.94. The van der Waals surface area contributed by atoms with E-state index in [2.05, 4.69) is 0 Å². The standard InChI is InChI=1S/C11H14N2O/c1-8-7-10(12)6-5-9(8)3-2-4-11(13)14/h2-3,5-7H,4,12H2,1H3,(H2,13,14). The highest BCUT2D eigenvalue weighted by Crippen LogP contribution is 2.13. The molecule has 0 aliphatic carbocycles. The van der Waals surface area contributed by atoms with Crippen molar-refractivity contribution in [1.29, 1.82) is 0 Å². The van der Waals surface area contributed by atoms with E-state index in [1.165, 1.54) is 0 Å². The average Bonchev–Trinajstić information content (AvgIpc) is 2.08. The lowest BCUT2D eigenvalue weighted by atomic mass is 10.1. The number of primary amides is 1. The molecule has 0 fully saturated rings. The summed E-state index contributed by atoms with van der Waals surface area (Å²) in [6, 6.07) is 5.64. The second-order valence-electron chi connectivity index (χ2n) is 3.19. The van der Waals surface area contributed by atoms with Crippen molar-refractivity contribution in [2.45, 2.75) is 13.3 Å². The van der Waals surface area contributed by atoms with E-state index in [4.69, 9.17) is 11.5 Å². The van der Waals surface area contributed by atoms with Crippen molar-refractivity contribution in [3.05, 3.63) is 35.4 Å². The number of benzene rings is 1. The summed E-state index contributed by atoms with van der Waals surface area (Å²) in [5.41, 5.74) is 13.5. The zero-order valence-electron chi connectivity index (χ0n) is 8.16.